The molecule has 0 atom stereocenters. The Bertz CT molecular complexity index is 791. The molecule has 2 aromatic carbocycles. The van der Waals surface area contributed by atoms with Crippen LogP contribution in [-0.4, -0.2) is 53.1 Å². The zero-order valence-corrected chi connectivity index (χ0v) is 16.4. The van der Waals surface area contributed by atoms with Crippen LogP contribution in [0.1, 0.15) is 5.56 Å². The van der Waals surface area contributed by atoms with Gasteiger partial charge >= 0.3 is 6.03 Å². The highest BCUT2D eigenvalue weighted by Gasteiger charge is 2.15. The van der Waals surface area contributed by atoms with Crippen LogP contribution in [-0.2, 0) is 11.2 Å². The second-order valence-electron chi connectivity index (χ2n) is 6.44. The molecule has 2 amide bonds. The topological polar surface area (TPSA) is 72.1 Å². The summed E-state index contributed by atoms with van der Waals surface area (Å²) in [6.07, 6.45) is 0.693. The van der Waals surface area contributed by atoms with E-state index in [-0.39, 0.29) is 6.03 Å². The lowest BCUT2D eigenvalue weighted by Crippen LogP contribution is -2.37. The fraction of sp³-hybridized carbons (Fsp3) is 0.381. The molecule has 0 unspecified atom stereocenters. The van der Waals surface area contributed by atoms with Gasteiger partial charge in [-0.2, -0.15) is 0 Å². The van der Waals surface area contributed by atoms with Gasteiger partial charge in [-0.1, -0.05) is 18.2 Å². The Morgan fingerprint density at radius 3 is 2.57 bits per heavy atom. The van der Waals surface area contributed by atoms with E-state index in [0.717, 1.165) is 30.0 Å². The molecule has 1 aliphatic heterocycles. The van der Waals surface area contributed by atoms with Gasteiger partial charge in [-0.15, -0.1) is 0 Å². The Kier molecular flexibility index (Phi) is 6.97. The van der Waals surface area contributed by atoms with Crippen molar-refractivity contribution >= 4 is 17.4 Å². The lowest BCUT2D eigenvalue weighted by molar-refractivity contribution is 0.123. The smallest absolute Gasteiger partial charge is 0.319 e. The molecule has 0 bridgehead atoms. The minimum absolute atomic E-state index is 0.221. The fourth-order valence-corrected chi connectivity index (χ4v) is 3.18. The number of morpholine rings is 1. The summed E-state index contributed by atoms with van der Waals surface area (Å²) >= 11 is 0. The molecule has 0 radical (unpaired) electrons. The molecule has 28 heavy (non-hydrogen) atoms. The normalized spacial score (nSPS) is 13.7. The van der Waals surface area contributed by atoms with Gasteiger partial charge < -0.3 is 29.7 Å². The van der Waals surface area contributed by atoms with Crippen molar-refractivity contribution in [3.05, 3.63) is 48.0 Å². The van der Waals surface area contributed by atoms with Gasteiger partial charge in [0, 0.05) is 19.6 Å². The number of carbonyl (C=O) groups excluding carboxylic acids is 1. The molecule has 150 valence electrons. The first-order valence-electron chi connectivity index (χ1n) is 9.38. The number of anilines is 2. The van der Waals surface area contributed by atoms with Crippen LogP contribution in [0.15, 0.2) is 42.5 Å². The van der Waals surface area contributed by atoms with Crippen molar-refractivity contribution in [3.63, 3.8) is 0 Å². The first-order valence-corrected chi connectivity index (χ1v) is 9.38. The number of rotatable bonds is 7. The average molecular weight is 385 g/mol. The maximum atomic E-state index is 12.4. The van der Waals surface area contributed by atoms with Crippen molar-refractivity contribution < 1.29 is 19.0 Å². The lowest BCUT2D eigenvalue weighted by Gasteiger charge is -2.30. The summed E-state index contributed by atoms with van der Waals surface area (Å²) < 4.78 is 16.0. The Morgan fingerprint density at radius 2 is 1.82 bits per heavy atom. The summed E-state index contributed by atoms with van der Waals surface area (Å²) in [6.45, 7) is 3.55. The van der Waals surface area contributed by atoms with Gasteiger partial charge in [0.15, 0.2) is 11.5 Å². The number of hydrogen-bond donors (Lipinski definition) is 2. The largest absolute Gasteiger partial charge is 0.493 e. The predicted molar refractivity (Wildman–Crippen MR) is 110 cm³/mol. The first kappa shape index (κ1) is 19.8. The molecular weight excluding hydrogens is 358 g/mol. The molecule has 1 fully saturated rings. The Balaban J connectivity index is 1.54. The van der Waals surface area contributed by atoms with Gasteiger partial charge in [-0.05, 0) is 36.2 Å². The highest BCUT2D eigenvalue weighted by molar-refractivity contribution is 5.93. The second kappa shape index (κ2) is 9.85. The van der Waals surface area contributed by atoms with E-state index in [4.69, 9.17) is 14.2 Å². The number of carbonyl (C=O) groups is 1. The van der Waals surface area contributed by atoms with Crippen LogP contribution >= 0.6 is 0 Å². The highest BCUT2D eigenvalue weighted by atomic mass is 16.5. The minimum Gasteiger partial charge on any atom is -0.493 e. The first-order chi connectivity index (χ1) is 13.7. The van der Waals surface area contributed by atoms with E-state index in [1.165, 1.54) is 0 Å². The van der Waals surface area contributed by atoms with Crippen LogP contribution in [0, 0.1) is 0 Å². The highest BCUT2D eigenvalue weighted by Crippen LogP contribution is 2.28. The molecule has 7 nitrogen and oxygen atoms in total. The van der Waals surface area contributed by atoms with Gasteiger partial charge in [0.05, 0.1) is 38.8 Å². The van der Waals surface area contributed by atoms with E-state index >= 15 is 0 Å². The second-order valence-corrected chi connectivity index (χ2v) is 6.44. The van der Waals surface area contributed by atoms with Crippen molar-refractivity contribution in [2.75, 3.05) is 57.3 Å². The number of ether oxygens (including phenoxy) is 3. The maximum absolute atomic E-state index is 12.4. The molecule has 1 saturated heterocycles. The number of nitrogens with zero attached hydrogens (tertiary/aromatic N) is 1. The van der Waals surface area contributed by atoms with Crippen molar-refractivity contribution in [1.82, 2.24) is 5.32 Å². The van der Waals surface area contributed by atoms with Gasteiger partial charge in [-0.3, -0.25) is 0 Å². The van der Waals surface area contributed by atoms with Crippen LogP contribution in [0.4, 0.5) is 16.2 Å². The third kappa shape index (κ3) is 5.07. The molecule has 1 aliphatic rings. The molecule has 7 heteroatoms. The van der Waals surface area contributed by atoms with Crippen molar-refractivity contribution in [2.45, 2.75) is 6.42 Å². The van der Waals surface area contributed by atoms with Crippen LogP contribution in [0.3, 0.4) is 0 Å². The summed E-state index contributed by atoms with van der Waals surface area (Å²) in [5.41, 5.74) is 2.88. The number of benzene rings is 2. The SMILES string of the molecule is COc1ccc(CCNC(=O)Nc2ccccc2N2CCOCC2)cc1OC. The summed E-state index contributed by atoms with van der Waals surface area (Å²) in [7, 11) is 3.22. The van der Waals surface area contributed by atoms with Crippen molar-refractivity contribution in [2.24, 2.45) is 0 Å². The van der Waals surface area contributed by atoms with Crippen LogP contribution in [0.2, 0.25) is 0 Å². The van der Waals surface area contributed by atoms with E-state index in [1.54, 1.807) is 14.2 Å². The number of nitrogens with one attached hydrogen (secondary N) is 2. The maximum Gasteiger partial charge on any atom is 0.319 e. The third-order valence-electron chi connectivity index (χ3n) is 4.65. The molecule has 1 heterocycles. The van der Waals surface area contributed by atoms with Crippen LogP contribution in [0.25, 0.3) is 0 Å². The molecule has 2 aromatic rings. The summed E-state index contributed by atoms with van der Waals surface area (Å²) in [4.78, 5) is 14.6. The number of hydrogen-bond acceptors (Lipinski definition) is 5. The van der Waals surface area contributed by atoms with E-state index in [9.17, 15) is 4.79 Å². The standard InChI is InChI=1S/C21H27N3O4/c1-26-19-8-7-16(15-20(19)27-2)9-10-22-21(25)23-17-5-3-4-6-18(17)24-11-13-28-14-12-24/h3-8,15H,9-14H2,1-2H3,(H2,22,23,25). The minimum atomic E-state index is -0.221. The number of methoxy groups -OCH3 is 2. The summed E-state index contributed by atoms with van der Waals surface area (Å²) in [5, 5.41) is 5.87. The van der Waals surface area contributed by atoms with Crippen LogP contribution in [0.5, 0.6) is 11.5 Å². The van der Waals surface area contributed by atoms with Gasteiger partial charge in [0.2, 0.25) is 0 Å². The van der Waals surface area contributed by atoms with Crippen molar-refractivity contribution in [1.29, 1.82) is 0 Å². The van der Waals surface area contributed by atoms with Gasteiger partial charge in [0.1, 0.15) is 0 Å². The van der Waals surface area contributed by atoms with E-state index < -0.39 is 0 Å². The third-order valence-corrected chi connectivity index (χ3v) is 4.65. The van der Waals surface area contributed by atoms with E-state index in [0.29, 0.717) is 37.7 Å². The molecular formula is C21H27N3O4. The molecule has 3 rings (SSSR count). The van der Waals surface area contributed by atoms with Gasteiger partial charge in [-0.25, -0.2) is 4.79 Å². The number of para-hydroxylation sites is 2. The fourth-order valence-electron chi connectivity index (χ4n) is 3.18. The Morgan fingerprint density at radius 1 is 1.07 bits per heavy atom. The zero-order chi connectivity index (χ0) is 19.8. The van der Waals surface area contributed by atoms with E-state index in [1.807, 2.05) is 42.5 Å². The number of amides is 2. The predicted octanol–water partition coefficient (Wildman–Crippen LogP) is 2.90. The van der Waals surface area contributed by atoms with E-state index in [2.05, 4.69) is 15.5 Å². The average Bonchev–Trinajstić information content (AvgIpc) is 2.74. The van der Waals surface area contributed by atoms with Gasteiger partial charge in [0.25, 0.3) is 0 Å². The molecule has 0 saturated carbocycles. The summed E-state index contributed by atoms with van der Waals surface area (Å²) in [6, 6.07) is 13.4. The summed E-state index contributed by atoms with van der Waals surface area (Å²) in [5.74, 6) is 1.38. The Labute approximate surface area is 165 Å². The van der Waals surface area contributed by atoms with Crippen LogP contribution < -0.4 is 25.0 Å². The van der Waals surface area contributed by atoms with Crippen molar-refractivity contribution in [3.8, 4) is 11.5 Å². The molecule has 2 N–H and O–H groups in total. The molecule has 0 aliphatic carbocycles. The molecule has 0 aromatic heterocycles. The quantitative estimate of drug-likeness (QED) is 0.767. The monoisotopic (exact) mass is 385 g/mol. The zero-order valence-electron chi connectivity index (χ0n) is 16.4. The Hall–Kier alpha value is -2.93. The lowest BCUT2D eigenvalue weighted by atomic mass is 10.1. The number of urea groups is 1. The molecule has 0 spiro atoms.